The van der Waals surface area contributed by atoms with Crippen LogP contribution in [0.3, 0.4) is 0 Å². The first-order chi connectivity index (χ1) is 9.47. The second-order valence-electron chi connectivity index (χ2n) is 4.41. The Hall–Kier alpha value is -1.03. The third kappa shape index (κ3) is 3.75. The average molecular weight is 373 g/mol. The quantitative estimate of drug-likeness (QED) is 0.783. The number of anilines is 1. The molecule has 0 saturated carbocycles. The molecule has 0 radical (unpaired) electrons. The van der Waals surface area contributed by atoms with E-state index >= 15 is 0 Å². The van der Waals surface area contributed by atoms with Gasteiger partial charge in [-0.1, -0.05) is 41.4 Å². The fourth-order valence-corrected chi connectivity index (χ4v) is 2.46. The Morgan fingerprint density at radius 3 is 2.65 bits per heavy atom. The lowest BCUT2D eigenvalue weighted by Crippen LogP contribution is -2.14. The zero-order valence-corrected chi connectivity index (χ0v) is 13.8. The molecule has 0 fully saturated rings. The molecule has 0 unspecified atom stereocenters. The Bertz CT molecular complexity index is 658. The summed E-state index contributed by atoms with van der Waals surface area (Å²) < 4.78 is 0.891. The van der Waals surface area contributed by atoms with Crippen LogP contribution in [0.25, 0.3) is 0 Å². The minimum absolute atomic E-state index is 0.102. The lowest BCUT2D eigenvalue weighted by molar-refractivity contribution is -0.115. The van der Waals surface area contributed by atoms with Gasteiger partial charge in [-0.15, -0.1) is 0 Å². The van der Waals surface area contributed by atoms with Gasteiger partial charge in [0, 0.05) is 4.47 Å². The zero-order chi connectivity index (χ0) is 14.7. The van der Waals surface area contributed by atoms with Crippen molar-refractivity contribution in [2.24, 2.45) is 0 Å². The van der Waals surface area contributed by atoms with Crippen molar-refractivity contribution in [1.82, 2.24) is 0 Å². The Kier molecular flexibility index (Phi) is 5.08. The number of nitrogens with one attached hydrogen (secondary N) is 1. The van der Waals surface area contributed by atoms with Gasteiger partial charge < -0.3 is 5.32 Å². The highest BCUT2D eigenvalue weighted by atomic mass is 79.9. The van der Waals surface area contributed by atoms with Gasteiger partial charge in [-0.3, -0.25) is 4.79 Å². The van der Waals surface area contributed by atoms with Crippen molar-refractivity contribution in [2.45, 2.75) is 13.3 Å². The van der Waals surface area contributed by atoms with Gasteiger partial charge in [0.15, 0.2) is 0 Å². The summed E-state index contributed by atoms with van der Waals surface area (Å²) in [6, 6.07) is 10.9. The number of rotatable bonds is 3. The molecular formula is C15H12BrCl2NO. The van der Waals surface area contributed by atoms with Crippen molar-refractivity contribution < 1.29 is 4.79 Å². The number of halogens is 3. The van der Waals surface area contributed by atoms with Crippen molar-refractivity contribution >= 4 is 50.7 Å². The molecule has 0 aliphatic carbocycles. The van der Waals surface area contributed by atoms with Crippen LogP contribution >= 0.6 is 39.1 Å². The van der Waals surface area contributed by atoms with Crippen LogP contribution in [0, 0.1) is 6.92 Å². The van der Waals surface area contributed by atoms with E-state index in [-0.39, 0.29) is 12.3 Å². The summed E-state index contributed by atoms with van der Waals surface area (Å²) >= 11 is 15.2. The maximum absolute atomic E-state index is 12.0. The molecule has 0 heterocycles. The van der Waals surface area contributed by atoms with E-state index in [4.69, 9.17) is 23.2 Å². The molecule has 5 heteroatoms. The molecule has 0 spiro atoms. The van der Waals surface area contributed by atoms with Crippen LogP contribution in [-0.4, -0.2) is 5.91 Å². The van der Waals surface area contributed by atoms with Crippen LogP contribution < -0.4 is 5.32 Å². The van der Waals surface area contributed by atoms with E-state index < -0.39 is 0 Å². The topological polar surface area (TPSA) is 29.1 Å². The third-order valence-electron chi connectivity index (χ3n) is 2.81. The van der Waals surface area contributed by atoms with Gasteiger partial charge in [0.05, 0.1) is 22.2 Å². The Balaban J connectivity index is 2.09. The fraction of sp³-hybridized carbons (Fsp3) is 0.133. The van der Waals surface area contributed by atoms with Crippen molar-refractivity contribution in [3.8, 4) is 0 Å². The Labute approximate surface area is 136 Å². The Morgan fingerprint density at radius 2 is 1.95 bits per heavy atom. The molecule has 1 amide bonds. The molecule has 2 aromatic rings. The molecule has 2 rings (SSSR count). The minimum atomic E-state index is -0.102. The van der Waals surface area contributed by atoms with E-state index in [1.54, 1.807) is 18.2 Å². The molecular weight excluding hydrogens is 361 g/mol. The second-order valence-corrected chi connectivity index (χ2v) is 6.02. The molecule has 0 bridgehead atoms. The summed E-state index contributed by atoms with van der Waals surface area (Å²) in [6.07, 6.45) is 0.247. The molecule has 2 aromatic carbocycles. The van der Waals surface area contributed by atoms with Crippen molar-refractivity contribution in [2.75, 3.05) is 5.32 Å². The maximum Gasteiger partial charge on any atom is 0.228 e. The van der Waals surface area contributed by atoms with E-state index in [1.165, 1.54) is 0 Å². The first-order valence-electron chi connectivity index (χ1n) is 5.96. The average Bonchev–Trinajstić information content (AvgIpc) is 2.39. The molecule has 2 nitrogen and oxygen atoms in total. The molecule has 20 heavy (non-hydrogen) atoms. The molecule has 0 aliphatic rings. The van der Waals surface area contributed by atoms with Gasteiger partial charge in [0.1, 0.15) is 0 Å². The van der Waals surface area contributed by atoms with Crippen molar-refractivity contribution in [3.05, 3.63) is 62.0 Å². The first-order valence-corrected chi connectivity index (χ1v) is 7.51. The van der Waals surface area contributed by atoms with E-state index in [2.05, 4.69) is 21.2 Å². The molecule has 0 saturated heterocycles. The summed E-state index contributed by atoms with van der Waals surface area (Å²) in [5.74, 6) is -0.102. The summed E-state index contributed by atoms with van der Waals surface area (Å²) in [4.78, 5) is 12.0. The lowest BCUT2D eigenvalue weighted by atomic mass is 10.1. The predicted molar refractivity (Wildman–Crippen MR) is 87.7 cm³/mol. The third-order valence-corrected chi connectivity index (χ3v) is 4.61. The highest BCUT2D eigenvalue weighted by molar-refractivity contribution is 9.10. The van der Waals surface area contributed by atoms with Crippen LogP contribution in [0.5, 0.6) is 0 Å². The standard InChI is InChI=1S/C15H12BrCl2NO/c1-9-3-2-4-13(15(9)16)19-14(20)8-10-5-6-11(17)12(18)7-10/h2-7H,8H2,1H3,(H,19,20). The zero-order valence-electron chi connectivity index (χ0n) is 10.7. The highest BCUT2D eigenvalue weighted by Crippen LogP contribution is 2.26. The largest absolute Gasteiger partial charge is 0.325 e. The van der Waals surface area contributed by atoms with Gasteiger partial charge in [0.2, 0.25) is 5.91 Å². The van der Waals surface area contributed by atoms with Gasteiger partial charge in [-0.2, -0.15) is 0 Å². The number of carbonyl (C=O) groups excluding carboxylic acids is 1. The van der Waals surface area contributed by atoms with Crippen LogP contribution in [-0.2, 0) is 11.2 Å². The normalized spacial score (nSPS) is 10.4. The van der Waals surface area contributed by atoms with Gasteiger partial charge >= 0.3 is 0 Å². The molecule has 104 valence electrons. The molecule has 1 N–H and O–H groups in total. The van der Waals surface area contributed by atoms with E-state index in [9.17, 15) is 4.79 Å². The molecule has 0 aliphatic heterocycles. The number of carbonyl (C=O) groups is 1. The van der Waals surface area contributed by atoms with Crippen LogP contribution in [0.1, 0.15) is 11.1 Å². The number of benzene rings is 2. The SMILES string of the molecule is Cc1cccc(NC(=O)Cc2ccc(Cl)c(Cl)c2)c1Br. The number of aryl methyl sites for hydroxylation is 1. The minimum Gasteiger partial charge on any atom is -0.325 e. The maximum atomic E-state index is 12.0. The van der Waals surface area contributed by atoms with Crippen LogP contribution in [0.4, 0.5) is 5.69 Å². The summed E-state index contributed by atoms with van der Waals surface area (Å²) in [6.45, 7) is 1.97. The highest BCUT2D eigenvalue weighted by Gasteiger charge is 2.09. The fourth-order valence-electron chi connectivity index (χ4n) is 1.77. The van der Waals surface area contributed by atoms with E-state index in [0.717, 1.165) is 21.3 Å². The Morgan fingerprint density at radius 1 is 1.20 bits per heavy atom. The van der Waals surface area contributed by atoms with Gasteiger partial charge in [0.25, 0.3) is 0 Å². The van der Waals surface area contributed by atoms with Crippen LogP contribution in [0.2, 0.25) is 10.0 Å². The first kappa shape index (κ1) is 15.4. The summed E-state index contributed by atoms with van der Waals surface area (Å²) in [5, 5.41) is 3.81. The predicted octanol–water partition coefficient (Wildman–Crippen LogP) is 5.25. The van der Waals surface area contributed by atoms with E-state index in [1.807, 2.05) is 25.1 Å². The van der Waals surface area contributed by atoms with Crippen LogP contribution in [0.15, 0.2) is 40.9 Å². The summed E-state index contributed by atoms with van der Waals surface area (Å²) in [7, 11) is 0. The van der Waals surface area contributed by atoms with Gasteiger partial charge in [-0.05, 0) is 52.2 Å². The summed E-state index contributed by atoms with van der Waals surface area (Å²) in [5.41, 5.74) is 2.65. The molecule has 0 aromatic heterocycles. The smallest absolute Gasteiger partial charge is 0.228 e. The van der Waals surface area contributed by atoms with Crippen molar-refractivity contribution in [3.63, 3.8) is 0 Å². The van der Waals surface area contributed by atoms with Gasteiger partial charge in [-0.25, -0.2) is 0 Å². The van der Waals surface area contributed by atoms with E-state index in [0.29, 0.717) is 10.0 Å². The number of amides is 1. The second kappa shape index (κ2) is 6.61. The van der Waals surface area contributed by atoms with Crippen molar-refractivity contribution in [1.29, 1.82) is 0 Å². The molecule has 0 atom stereocenters. The number of hydrogen-bond donors (Lipinski definition) is 1. The monoisotopic (exact) mass is 371 g/mol. The number of hydrogen-bond acceptors (Lipinski definition) is 1. The lowest BCUT2D eigenvalue weighted by Gasteiger charge is -2.09.